The van der Waals surface area contributed by atoms with E-state index < -0.39 is 0 Å². The second-order valence-corrected chi connectivity index (χ2v) is 5.15. The summed E-state index contributed by atoms with van der Waals surface area (Å²) >= 11 is 0. The van der Waals surface area contributed by atoms with Crippen LogP contribution in [-0.4, -0.2) is 33.3 Å². The van der Waals surface area contributed by atoms with Gasteiger partial charge in [-0.2, -0.15) is 4.98 Å². The molecule has 0 amide bonds. The smallest absolute Gasteiger partial charge is 0.221 e. The van der Waals surface area contributed by atoms with Crippen molar-refractivity contribution in [3.05, 3.63) is 11.8 Å². The molecule has 0 saturated carbocycles. The molecule has 92 valence electrons. The number of hydrogen-bond acceptors (Lipinski definition) is 5. The van der Waals surface area contributed by atoms with Crippen LogP contribution >= 0.6 is 0 Å². The van der Waals surface area contributed by atoms with Crippen molar-refractivity contribution in [2.24, 2.45) is 0 Å². The lowest BCUT2D eigenvalue weighted by atomic mass is 9.99. The van der Waals surface area contributed by atoms with Crippen molar-refractivity contribution < 1.29 is 5.11 Å². The summed E-state index contributed by atoms with van der Waals surface area (Å²) in [6.45, 7) is 2.01. The molecular formula is C12H18N4O. The number of nitrogens with two attached hydrogens (primary N) is 1. The Hall–Kier alpha value is -1.36. The molecule has 0 aliphatic carbocycles. The van der Waals surface area contributed by atoms with Crippen LogP contribution in [-0.2, 0) is 0 Å². The number of anilines is 2. The molecule has 0 spiro atoms. The van der Waals surface area contributed by atoms with E-state index in [9.17, 15) is 5.11 Å². The average Bonchev–Trinajstić information content (AvgIpc) is 2.54. The van der Waals surface area contributed by atoms with Gasteiger partial charge in [0.15, 0.2) is 0 Å². The predicted molar refractivity (Wildman–Crippen MR) is 65.7 cm³/mol. The Kier molecular flexibility index (Phi) is 2.43. The number of nitrogens with zero attached hydrogens (tertiary/aromatic N) is 3. The van der Waals surface area contributed by atoms with Crippen LogP contribution in [0.2, 0.25) is 0 Å². The molecule has 2 atom stereocenters. The van der Waals surface area contributed by atoms with Gasteiger partial charge in [0.2, 0.25) is 5.95 Å². The van der Waals surface area contributed by atoms with E-state index >= 15 is 0 Å². The van der Waals surface area contributed by atoms with Gasteiger partial charge in [0.25, 0.3) is 0 Å². The quantitative estimate of drug-likeness (QED) is 0.753. The first-order valence-electron chi connectivity index (χ1n) is 6.20. The van der Waals surface area contributed by atoms with Gasteiger partial charge in [0.1, 0.15) is 5.82 Å². The Morgan fingerprint density at radius 3 is 2.65 bits per heavy atom. The Bertz CT molecular complexity index is 423. The van der Waals surface area contributed by atoms with E-state index in [2.05, 4.69) is 14.9 Å². The Labute approximate surface area is 101 Å². The van der Waals surface area contributed by atoms with Crippen molar-refractivity contribution >= 4 is 11.8 Å². The van der Waals surface area contributed by atoms with Crippen LogP contribution in [0.4, 0.5) is 11.8 Å². The van der Waals surface area contributed by atoms with E-state index in [4.69, 9.17) is 5.73 Å². The monoisotopic (exact) mass is 234 g/mol. The highest BCUT2D eigenvalue weighted by Crippen LogP contribution is 2.39. The number of fused-ring (bicyclic) bond motifs is 2. The van der Waals surface area contributed by atoms with E-state index in [0.717, 1.165) is 37.1 Å². The minimum absolute atomic E-state index is 0.150. The number of rotatable bonds is 1. The molecule has 3 rings (SSSR count). The first-order chi connectivity index (χ1) is 8.15. The van der Waals surface area contributed by atoms with Crippen molar-refractivity contribution in [1.82, 2.24) is 9.97 Å². The number of aromatic nitrogens is 2. The second kappa shape index (κ2) is 3.84. The molecule has 1 aromatic rings. The van der Waals surface area contributed by atoms with Gasteiger partial charge in [0.05, 0.1) is 6.10 Å². The van der Waals surface area contributed by atoms with Crippen LogP contribution in [0.3, 0.4) is 0 Å². The van der Waals surface area contributed by atoms with E-state index in [1.165, 1.54) is 0 Å². The standard InChI is InChI=1S/C12H18N4O/c1-7-6-14-12(13)15-11(7)16-8-2-3-9(16)5-10(17)4-8/h6,8-10,17H,2-5H2,1H3,(H2,13,14,15). The molecule has 17 heavy (non-hydrogen) atoms. The van der Waals surface area contributed by atoms with Crippen LogP contribution in [0.5, 0.6) is 0 Å². The maximum Gasteiger partial charge on any atom is 0.221 e. The van der Waals surface area contributed by atoms with Crippen molar-refractivity contribution in [2.75, 3.05) is 10.6 Å². The molecule has 3 N–H and O–H groups in total. The molecule has 2 bridgehead atoms. The third-order valence-electron chi connectivity index (χ3n) is 3.92. The molecule has 5 nitrogen and oxygen atoms in total. The van der Waals surface area contributed by atoms with Gasteiger partial charge in [-0.1, -0.05) is 0 Å². The van der Waals surface area contributed by atoms with Gasteiger partial charge in [-0.25, -0.2) is 4.98 Å². The summed E-state index contributed by atoms with van der Waals surface area (Å²) in [6.07, 6.45) is 5.61. The fraction of sp³-hybridized carbons (Fsp3) is 0.667. The molecule has 1 aromatic heterocycles. The number of nitrogen functional groups attached to an aromatic ring is 1. The van der Waals surface area contributed by atoms with Gasteiger partial charge in [-0.05, 0) is 32.6 Å². The first-order valence-corrected chi connectivity index (χ1v) is 6.20. The van der Waals surface area contributed by atoms with E-state index in [-0.39, 0.29) is 6.10 Å². The fourth-order valence-corrected chi connectivity index (χ4v) is 3.20. The van der Waals surface area contributed by atoms with Gasteiger partial charge in [-0.15, -0.1) is 0 Å². The molecule has 0 radical (unpaired) electrons. The second-order valence-electron chi connectivity index (χ2n) is 5.15. The Morgan fingerprint density at radius 2 is 2.00 bits per heavy atom. The molecule has 2 unspecified atom stereocenters. The van der Waals surface area contributed by atoms with Crippen LogP contribution in [0.15, 0.2) is 6.20 Å². The largest absolute Gasteiger partial charge is 0.393 e. The SMILES string of the molecule is Cc1cnc(N)nc1N1C2CCC1CC(O)C2. The molecule has 5 heteroatoms. The zero-order valence-corrected chi connectivity index (χ0v) is 10.0. The van der Waals surface area contributed by atoms with Gasteiger partial charge in [-0.3, -0.25) is 0 Å². The summed E-state index contributed by atoms with van der Waals surface area (Å²) in [5, 5.41) is 9.79. The summed E-state index contributed by atoms with van der Waals surface area (Å²) in [5.41, 5.74) is 6.74. The van der Waals surface area contributed by atoms with Gasteiger partial charge >= 0.3 is 0 Å². The predicted octanol–water partition coefficient (Wildman–Crippen LogP) is 0.859. The highest BCUT2D eigenvalue weighted by Gasteiger charge is 2.41. The molecule has 2 aliphatic heterocycles. The maximum atomic E-state index is 9.79. The van der Waals surface area contributed by atoms with E-state index in [0.29, 0.717) is 18.0 Å². The van der Waals surface area contributed by atoms with Crippen LogP contribution < -0.4 is 10.6 Å². The summed E-state index contributed by atoms with van der Waals surface area (Å²) in [6, 6.07) is 0.827. The highest BCUT2D eigenvalue weighted by atomic mass is 16.3. The lowest BCUT2D eigenvalue weighted by Crippen LogP contribution is -2.45. The Morgan fingerprint density at radius 1 is 1.35 bits per heavy atom. The Balaban J connectivity index is 1.97. The fourth-order valence-electron chi connectivity index (χ4n) is 3.20. The van der Waals surface area contributed by atoms with Crippen LogP contribution in [0, 0.1) is 6.92 Å². The third kappa shape index (κ3) is 1.74. The number of aryl methyl sites for hydroxylation is 1. The summed E-state index contributed by atoms with van der Waals surface area (Å²) < 4.78 is 0. The van der Waals surface area contributed by atoms with Crippen LogP contribution in [0.1, 0.15) is 31.2 Å². The molecule has 0 aromatic carbocycles. The van der Waals surface area contributed by atoms with Crippen LogP contribution in [0.25, 0.3) is 0 Å². The zero-order valence-electron chi connectivity index (χ0n) is 10.0. The molecule has 2 fully saturated rings. The topological polar surface area (TPSA) is 75.3 Å². The van der Waals surface area contributed by atoms with E-state index in [1.54, 1.807) is 6.20 Å². The van der Waals surface area contributed by atoms with Crippen molar-refractivity contribution in [1.29, 1.82) is 0 Å². The molecule has 3 heterocycles. The summed E-state index contributed by atoms with van der Waals surface area (Å²) in [4.78, 5) is 10.7. The normalized spacial score (nSPS) is 31.9. The molecule has 2 aliphatic rings. The molecular weight excluding hydrogens is 216 g/mol. The van der Waals surface area contributed by atoms with Gasteiger partial charge in [0, 0.05) is 23.8 Å². The van der Waals surface area contributed by atoms with E-state index in [1.807, 2.05) is 6.92 Å². The minimum Gasteiger partial charge on any atom is -0.393 e. The minimum atomic E-state index is -0.150. The summed E-state index contributed by atoms with van der Waals surface area (Å²) in [7, 11) is 0. The number of hydrogen-bond donors (Lipinski definition) is 2. The number of piperidine rings is 1. The zero-order chi connectivity index (χ0) is 12.0. The van der Waals surface area contributed by atoms with Crippen molar-refractivity contribution in [3.63, 3.8) is 0 Å². The summed E-state index contributed by atoms with van der Waals surface area (Å²) in [5.74, 6) is 1.29. The third-order valence-corrected chi connectivity index (χ3v) is 3.92. The number of aliphatic hydroxyl groups excluding tert-OH is 1. The lowest BCUT2D eigenvalue weighted by molar-refractivity contribution is 0.126. The highest BCUT2D eigenvalue weighted by molar-refractivity contribution is 5.51. The van der Waals surface area contributed by atoms with Crippen molar-refractivity contribution in [2.45, 2.75) is 50.8 Å². The lowest BCUT2D eigenvalue weighted by Gasteiger charge is -2.38. The first kappa shape index (κ1) is 10.8. The molecule has 2 saturated heterocycles. The average molecular weight is 234 g/mol. The van der Waals surface area contributed by atoms with Gasteiger partial charge < -0.3 is 15.7 Å². The van der Waals surface area contributed by atoms with Crippen molar-refractivity contribution in [3.8, 4) is 0 Å². The number of aliphatic hydroxyl groups is 1. The maximum absolute atomic E-state index is 9.79.